The number of carbonyl (C=O) groups is 1. The summed E-state index contributed by atoms with van der Waals surface area (Å²) < 4.78 is 10.3. The van der Waals surface area contributed by atoms with Crippen LogP contribution >= 0.6 is 0 Å². The lowest BCUT2D eigenvalue weighted by Gasteiger charge is -2.21. The Morgan fingerprint density at radius 3 is 3.00 bits per heavy atom. The van der Waals surface area contributed by atoms with E-state index in [9.17, 15) is 4.79 Å². The fourth-order valence-electron chi connectivity index (χ4n) is 1.93. The Morgan fingerprint density at radius 1 is 1.56 bits per heavy atom. The number of ether oxygens (including phenoxy) is 2. The Hall–Kier alpha value is -1.43. The summed E-state index contributed by atoms with van der Waals surface area (Å²) in [6.07, 6.45) is 0.547. The highest BCUT2D eigenvalue weighted by Gasteiger charge is 2.38. The van der Waals surface area contributed by atoms with E-state index >= 15 is 0 Å². The summed E-state index contributed by atoms with van der Waals surface area (Å²) in [5.74, 6) is -0.205. The molecule has 0 aliphatic carbocycles. The summed E-state index contributed by atoms with van der Waals surface area (Å²) >= 11 is 0. The van der Waals surface area contributed by atoms with Crippen molar-refractivity contribution in [2.45, 2.75) is 18.6 Å². The molecule has 98 valence electrons. The van der Waals surface area contributed by atoms with E-state index in [2.05, 4.69) is 5.32 Å². The Labute approximate surface area is 106 Å². The van der Waals surface area contributed by atoms with Gasteiger partial charge in [-0.05, 0) is 12.5 Å². The molecule has 0 saturated carbocycles. The van der Waals surface area contributed by atoms with E-state index in [-0.39, 0.29) is 12.5 Å². The molecule has 5 nitrogen and oxygen atoms in total. The van der Waals surface area contributed by atoms with E-state index in [0.29, 0.717) is 19.6 Å². The highest BCUT2D eigenvalue weighted by atomic mass is 16.5. The smallest absolute Gasteiger partial charge is 0.246 e. The van der Waals surface area contributed by atoms with E-state index in [1.807, 2.05) is 24.3 Å². The molecule has 18 heavy (non-hydrogen) atoms. The van der Waals surface area contributed by atoms with Crippen LogP contribution in [0.5, 0.6) is 0 Å². The van der Waals surface area contributed by atoms with Gasteiger partial charge in [-0.15, -0.1) is 0 Å². The topological polar surface area (TPSA) is 73.6 Å². The van der Waals surface area contributed by atoms with Crippen molar-refractivity contribution in [2.75, 3.05) is 25.6 Å². The minimum absolute atomic E-state index is 0.205. The van der Waals surface area contributed by atoms with Gasteiger partial charge >= 0.3 is 0 Å². The van der Waals surface area contributed by atoms with Gasteiger partial charge in [-0.1, -0.05) is 18.2 Å². The molecule has 1 aliphatic rings. The Balaban J connectivity index is 2.11. The van der Waals surface area contributed by atoms with Crippen molar-refractivity contribution in [2.24, 2.45) is 5.73 Å². The van der Waals surface area contributed by atoms with Crippen molar-refractivity contribution < 1.29 is 14.3 Å². The highest BCUT2D eigenvalue weighted by Crippen LogP contribution is 2.21. The van der Waals surface area contributed by atoms with Crippen LogP contribution in [-0.2, 0) is 20.9 Å². The first kappa shape index (κ1) is 13.0. The van der Waals surface area contributed by atoms with Crippen LogP contribution in [0.4, 0.5) is 5.69 Å². The molecular weight excluding hydrogens is 232 g/mol. The van der Waals surface area contributed by atoms with Gasteiger partial charge in [0.05, 0.1) is 13.2 Å². The number of para-hydroxylation sites is 1. The number of rotatable bonds is 4. The van der Waals surface area contributed by atoms with E-state index in [1.165, 1.54) is 0 Å². The maximum absolute atomic E-state index is 12.1. The molecule has 0 radical (unpaired) electrons. The molecule has 0 bridgehead atoms. The Kier molecular flexibility index (Phi) is 3.96. The molecular formula is C13H18N2O3. The maximum atomic E-state index is 12.1. The van der Waals surface area contributed by atoms with Gasteiger partial charge in [0.2, 0.25) is 5.91 Å². The average Bonchev–Trinajstić information content (AvgIpc) is 2.80. The van der Waals surface area contributed by atoms with Crippen LogP contribution in [0.25, 0.3) is 0 Å². The largest absolute Gasteiger partial charge is 0.380 e. The van der Waals surface area contributed by atoms with Crippen LogP contribution in [-0.4, -0.2) is 31.8 Å². The van der Waals surface area contributed by atoms with Crippen molar-refractivity contribution in [1.82, 2.24) is 0 Å². The molecule has 1 saturated heterocycles. The SMILES string of the molecule is COCc1ccccc1NC(=O)C1(N)CCOC1. The standard InChI is InChI=1S/C13H18N2O3/c1-17-8-10-4-2-3-5-11(10)15-12(16)13(14)6-7-18-9-13/h2-5H,6-9,14H2,1H3,(H,15,16). The lowest BCUT2D eigenvalue weighted by atomic mass is 9.99. The Morgan fingerprint density at radius 2 is 2.33 bits per heavy atom. The Bertz CT molecular complexity index is 428. The second-order valence-corrected chi connectivity index (χ2v) is 4.50. The third-order valence-electron chi connectivity index (χ3n) is 3.07. The molecule has 1 aliphatic heterocycles. The number of nitrogens with two attached hydrogens (primary N) is 1. The van der Waals surface area contributed by atoms with Crippen molar-refractivity contribution >= 4 is 11.6 Å². The zero-order valence-electron chi connectivity index (χ0n) is 10.4. The number of carbonyl (C=O) groups excluding carboxylic acids is 1. The van der Waals surface area contributed by atoms with E-state index in [1.54, 1.807) is 7.11 Å². The number of benzene rings is 1. The highest BCUT2D eigenvalue weighted by molar-refractivity contribution is 5.98. The molecule has 1 amide bonds. The average molecular weight is 250 g/mol. The summed E-state index contributed by atoms with van der Waals surface area (Å²) in [6.45, 7) is 1.25. The van der Waals surface area contributed by atoms with Crippen LogP contribution in [0, 0.1) is 0 Å². The first-order chi connectivity index (χ1) is 8.65. The molecule has 1 unspecified atom stereocenters. The fourth-order valence-corrected chi connectivity index (χ4v) is 1.93. The van der Waals surface area contributed by atoms with E-state index in [0.717, 1.165) is 11.3 Å². The molecule has 1 aromatic rings. The first-order valence-electron chi connectivity index (χ1n) is 5.91. The van der Waals surface area contributed by atoms with Gasteiger partial charge in [0, 0.05) is 25.0 Å². The predicted octanol–water partition coefficient (Wildman–Crippen LogP) is 0.889. The number of amides is 1. The van der Waals surface area contributed by atoms with Crippen molar-refractivity contribution in [3.05, 3.63) is 29.8 Å². The zero-order chi connectivity index (χ0) is 13.0. The number of hydrogen-bond acceptors (Lipinski definition) is 4. The molecule has 2 rings (SSSR count). The summed E-state index contributed by atoms with van der Waals surface area (Å²) in [5, 5.41) is 2.85. The fraction of sp³-hybridized carbons (Fsp3) is 0.462. The molecule has 0 spiro atoms. The van der Waals surface area contributed by atoms with Crippen LogP contribution in [0.15, 0.2) is 24.3 Å². The van der Waals surface area contributed by atoms with Crippen molar-refractivity contribution in [1.29, 1.82) is 0 Å². The van der Waals surface area contributed by atoms with E-state index in [4.69, 9.17) is 15.2 Å². The third-order valence-corrected chi connectivity index (χ3v) is 3.07. The normalized spacial score (nSPS) is 23.0. The molecule has 0 aromatic heterocycles. The second-order valence-electron chi connectivity index (χ2n) is 4.50. The maximum Gasteiger partial charge on any atom is 0.246 e. The lowest BCUT2D eigenvalue weighted by Crippen LogP contribution is -2.51. The van der Waals surface area contributed by atoms with Gasteiger partial charge in [0.15, 0.2) is 0 Å². The van der Waals surface area contributed by atoms with Crippen LogP contribution in [0.2, 0.25) is 0 Å². The minimum atomic E-state index is -0.916. The quantitative estimate of drug-likeness (QED) is 0.832. The van der Waals surface area contributed by atoms with Crippen LogP contribution in [0.3, 0.4) is 0 Å². The number of nitrogens with one attached hydrogen (secondary N) is 1. The molecule has 1 heterocycles. The van der Waals surface area contributed by atoms with E-state index < -0.39 is 5.54 Å². The summed E-state index contributed by atoms with van der Waals surface area (Å²) in [6, 6.07) is 7.52. The summed E-state index contributed by atoms with van der Waals surface area (Å²) in [5.41, 5.74) is 6.75. The molecule has 1 fully saturated rings. The molecule has 1 atom stereocenters. The number of hydrogen-bond donors (Lipinski definition) is 2. The monoisotopic (exact) mass is 250 g/mol. The molecule has 1 aromatic carbocycles. The minimum Gasteiger partial charge on any atom is -0.380 e. The predicted molar refractivity (Wildman–Crippen MR) is 68.1 cm³/mol. The van der Waals surface area contributed by atoms with Gasteiger partial charge < -0.3 is 20.5 Å². The van der Waals surface area contributed by atoms with Gasteiger partial charge in [-0.3, -0.25) is 4.79 Å². The summed E-state index contributed by atoms with van der Waals surface area (Å²) in [4.78, 5) is 12.1. The van der Waals surface area contributed by atoms with Gasteiger partial charge in [0.1, 0.15) is 5.54 Å². The summed E-state index contributed by atoms with van der Waals surface area (Å²) in [7, 11) is 1.62. The first-order valence-corrected chi connectivity index (χ1v) is 5.91. The van der Waals surface area contributed by atoms with Crippen molar-refractivity contribution in [3.63, 3.8) is 0 Å². The van der Waals surface area contributed by atoms with Crippen molar-refractivity contribution in [3.8, 4) is 0 Å². The second kappa shape index (κ2) is 5.48. The van der Waals surface area contributed by atoms with Gasteiger partial charge in [-0.2, -0.15) is 0 Å². The lowest BCUT2D eigenvalue weighted by molar-refractivity contribution is -0.121. The van der Waals surface area contributed by atoms with Crippen LogP contribution in [0.1, 0.15) is 12.0 Å². The number of anilines is 1. The molecule has 3 N–H and O–H groups in total. The van der Waals surface area contributed by atoms with Crippen LogP contribution < -0.4 is 11.1 Å². The zero-order valence-corrected chi connectivity index (χ0v) is 10.4. The van der Waals surface area contributed by atoms with Gasteiger partial charge in [-0.25, -0.2) is 0 Å². The molecule has 5 heteroatoms. The number of methoxy groups -OCH3 is 1. The van der Waals surface area contributed by atoms with Gasteiger partial charge in [0.25, 0.3) is 0 Å². The third kappa shape index (κ3) is 2.69.